The number of rotatable bonds is 9. The van der Waals surface area contributed by atoms with Crippen LogP contribution in [-0.4, -0.2) is 23.5 Å². The third kappa shape index (κ3) is 5.62. The van der Waals surface area contributed by atoms with E-state index in [9.17, 15) is 9.59 Å². The molecule has 0 unspecified atom stereocenters. The minimum atomic E-state index is -0.754. The number of carbonyl (C=O) groups is 2. The van der Waals surface area contributed by atoms with Gasteiger partial charge in [0.25, 0.3) is 5.91 Å². The van der Waals surface area contributed by atoms with E-state index in [2.05, 4.69) is 5.32 Å². The monoisotopic (exact) mass is 315 g/mol. The minimum Gasteiger partial charge on any atom is -0.481 e. The summed E-state index contributed by atoms with van der Waals surface area (Å²) in [6.45, 7) is 0.599. The van der Waals surface area contributed by atoms with Gasteiger partial charge in [0.2, 0.25) is 0 Å². The first-order valence-corrected chi connectivity index (χ1v) is 7.79. The minimum absolute atomic E-state index is 0.0964. The molecule has 0 spiro atoms. The summed E-state index contributed by atoms with van der Waals surface area (Å²) < 4.78 is 5.06. The van der Waals surface area contributed by atoms with Gasteiger partial charge < -0.3 is 14.8 Å². The molecule has 2 aromatic rings. The summed E-state index contributed by atoms with van der Waals surface area (Å²) in [4.78, 5) is 22.5. The van der Waals surface area contributed by atoms with Crippen molar-refractivity contribution in [2.24, 2.45) is 0 Å². The van der Waals surface area contributed by atoms with E-state index in [0.717, 1.165) is 30.4 Å². The zero-order valence-corrected chi connectivity index (χ0v) is 13.0. The van der Waals surface area contributed by atoms with Gasteiger partial charge in [0.05, 0.1) is 12.5 Å². The molecule has 1 amide bonds. The van der Waals surface area contributed by atoms with E-state index < -0.39 is 5.97 Å². The summed E-state index contributed by atoms with van der Waals surface area (Å²) in [6.07, 6.45) is 6.80. The Morgan fingerprint density at radius 1 is 1.04 bits per heavy atom. The maximum atomic E-state index is 12.1. The second-order valence-electron chi connectivity index (χ2n) is 5.41. The number of nitrogens with one attached hydrogen (secondary N) is 1. The third-order valence-corrected chi connectivity index (χ3v) is 3.58. The van der Waals surface area contributed by atoms with E-state index in [4.69, 9.17) is 9.52 Å². The van der Waals surface area contributed by atoms with Gasteiger partial charge >= 0.3 is 5.97 Å². The fourth-order valence-electron chi connectivity index (χ4n) is 2.33. The smallest absolute Gasteiger partial charge is 0.303 e. The molecule has 0 bridgehead atoms. The number of carboxylic acid groups (broad SMARTS) is 1. The topological polar surface area (TPSA) is 79.5 Å². The van der Waals surface area contributed by atoms with Crippen LogP contribution in [0.15, 0.2) is 47.3 Å². The predicted octanol–water partition coefficient (Wildman–Crippen LogP) is 3.71. The molecule has 5 heteroatoms. The maximum absolute atomic E-state index is 12.1. The van der Waals surface area contributed by atoms with E-state index in [1.807, 2.05) is 24.3 Å². The number of amides is 1. The average Bonchev–Trinajstić information content (AvgIpc) is 3.08. The van der Waals surface area contributed by atoms with Crippen LogP contribution in [0.4, 0.5) is 0 Å². The average molecular weight is 315 g/mol. The zero-order valence-electron chi connectivity index (χ0n) is 13.0. The lowest BCUT2D eigenvalue weighted by atomic mass is 10.1. The van der Waals surface area contributed by atoms with Crippen LogP contribution in [-0.2, 0) is 4.79 Å². The molecule has 2 N–H and O–H groups in total. The second-order valence-corrected chi connectivity index (χ2v) is 5.41. The Balaban J connectivity index is 1.74. The fraction of sp³-hybridized carbons (Fsp3) is 0.333. The van der Waals surface area contributed by atoms with E-state index >= 15 is 0 Å². The number of aliphatic carboxylic acids is 1. The van der Waals surface area contributed by atoms with Crippen molar-refractivity contribution in [3.05, 3.63) is 48.4 Å². The van der Waals surface area contributed by atoms with Gasteiger partial charge in [-0.3, -0.25) is 9.59 Å². The molecule has 0 fully saturated rings. The van der Waals surface area contributed by atoms with Crippen molar-refractivity contribution >= 4 is 11.9 Å². The van der Waals surface area contributed by atoms with Crippen molar-refractivity contribution in [1.29, 1.82) is 0 Å². The highest BCUT2D eigenvalue weighted by atomic mass is 16.4. The molecule has 0 atom stereocenters. The lowest BCUT2D eigenvalue weighted by Gasteiger charge is -2.06. The number of carboxylic acids is 1. The number of carbonyl (C=O) groups excluding carboxylic acids is 1. The van der Waals surface area contributed by atoms with Crippen LogP contribution in [0.5, 0.6) is 0 Å². The standard InChI is InChI=1S/C18H21NO4/c20-17(21)8-3-1-2-4-10-19-18(22)15-7-5-6-14(12-15)16-9-11-23-13-16/h5-7,9,11-13H,1-4,8,10H2,(H,19,22)(H,20,21). The Morgan fingerprint density at radius 3 is 2.61 bits per heavy atom. The van der Waals surface area contributed by atoms with Crippen LogP contribution < -0.4 is 5.32 Å². The van der Waals surface area contributed by atoms with E-state index in [1.165, 1.54) is 0 Å². The lowest BCUT2D eigenvalue weighted by Crippen LogP contribution is -2.24. The van der Waals surface area contributed by atoms with Gasteiger partial charge in [-0.1, -0.05) is 25.0 Å². The second kappa shape index (κ2) is 8.78. The van der Waals surface area contributed by atoms with Gasteiger partial charge in [-0.2, -0.15) is 0 Å². The van der Waals surface area contributed by atoms with Crippen molar-refractivity contribution in [2.45, 2.75) is 32.1 Å². The highest BCUT2D eigenvalue weighted by molar-refractivity contribution is 5.95. The van der Waals surface area contributed by atoms with Gasteiger partial charge in [-0.05, 0) is 36.6 Å². The molecule has 0 aliphatic rings. The molecule has 1 aromatic heterocycles. The molecule has 0 saturated carbocycles. The summed E-state index contributed by atoms with van der Waals surface area (Å²) in [7, 11) is 0. The quantitative estimate of drug-likeness (QED) is 0.691. The molecule has 0 aliphatic heterocycles. The van der Waals surface area contributed by atoms with Gasteiger partial charge in [-0.15, -0.1) is 0 Å². The van der Waals surface area contributed by atoms with Crippen LogP contribution in [0.1, 0.15) is 42.5 Å². The SMILES string of the molecule is O=C(O)CCCCCCNC(=O)c1cccc(-c2ccoc2)c1. The van der Waals surface area contributed by atoms with Crippen molar-refractivity contribution in [3.63, 3.8) is 0 Å². The van der Waals surface area contributed by atoms with Gasteiger partial charge in [0.1, 0.15) is 0 Å². The van der Waals surface area contributed by atoms with Gasteiger partial charge in [0.15, 0.2) is 0 Å². The largest absolute Gasteiger partial charge is 0.481 e. The summed E-state index contributed by atoms with van der Waals surface area (Å²) in [5.74, 6) is -0.850. The first-order valence-electron chi connectivity index (χ1n) is 7.79. The Kier molecular flexibility index (Phi) is 6.41. The van der Waals surface area contributed by atoms with Crippen LogP contribution in [0.25, 0.3) is 11.1 Å². The summed E-state index contributed by atoms with van der Waals surface area (Å²) in [6, 6.07) is 9.26. The molecule has 0 radical (unpaired) electrons. The normalized spacial score (nSPS) is 10.4. The predicted molar refractivity (Wildman–Crippen MR) is 87.2 cm³/mol. The van der Waals surface area contributed by atoms with Crippen molar-refractivity contribution in [1.82, 2.24) is 5.32 Å². The maximum Gasteiger partial charge on any atom is 0.303 e. The zero-order chi connectivity index (χ0) is 16.5. The molecule has 23 heavy (non-hydrogen) atoms. The number of hydrogen-bond donors (Lipinski definition) is 2. The number of furan rings is 1. The molecule has 122 valence electrons. The molecule has 1 heterocycles. The Bertz CT molecular complexity index is 634. The van der Waals surface area contributed by atoms with Crippen molar-refractivity contribution in [2.75, 3.05) is 6.54 Å². The first kappa shape index (κ1) is 16.8. The lowest BCUT2D eigenvalue weighted by molar-refractivity contribution is -0.137. The van der Waals surface area contributed by atoms with E-state index in [-0.39, 0.29) is 12.3 Å². The highest BCUT2D eigenvalue weighted by Gasteiger charge is 2.07. The fourth-order valence-corrected chi connectivity index (χ4v) is 2.33. The number of benzene rings is 1. The third-order valence-electron chi connectivity index (χ3n) is 3.58. The summed E-state index contributed by atoms with van der Waals surface area (Å²) in [5.41, 5.74) is 2.51. The van der Waals surface area contributed by atoms with Crippen LogP contribution in [0.3, 0.4) is 0 Å². The van der Waals surface area contributed by atoms with Crippen LogP contribution in [0.2, 0.25) is 0 Å². The molecule has 2 rings (SSSR count). The number of unbranched alkanes of at least 4 members (excludes halogenated alkanes) is 3. The Morgan fingerprint density at radius 2 is 1.87 bits per heavy atom. The Hall–Kier alpha value is -2.56. The molecular weight excluding hydrogens is 294 g/mol. The molecule has 0 saturated heterocycles. The van der Waals surface area contributed by atoms with Gasteiger partial charge in [0, 0.05) is 24.1 Å². The van der Waals surface area contributed by atoms with Crippen LogP contribution >= 0.6 is 0 Å². The molecule has 1 aromatic carbocycles. The van der Waals surface area contributed by atoms with Crippen molar-refractivity contribution < 1.29 is 19.1 Å². The molecule has 0 aliphatic carbocycles. The first-order chi connectivity index (χ1) is 11.2. The number of hydrogen-bond acceptors (Lipinski definition) is 3. The van der Waals surface area contributed by atoms with E-state index in [0.29, 0.717) is 18.5 Å². The van der Waals surface area contributed by atoms with Crippen LogP contribution in [0, 0.1) is 0 Å². The van der Waals surface area contributed by atoms with Gasteiger partial charge in [-0.25, -0.2) is 0 Å². The molecular formula is C18H21NO4. The Labute approximate surface area is 135 Å². The molecule has 5 nitrogen and oxygen atoms in total. The summed E-state index contributed by atoms with van der Waals surface area (Å²) in [5, 5.41) is 11.4. The highest BCUT2D eigenvalue weighted by Crippen LogP contribution is 2.20. The van der Waals surface area contributed by atoms with E-state index in [1.54, 1.807) is 18.6 Å². The summed E-state index contributed by atoms with van der Waals surface area (Å²) >= 11 is 0. The van der Waals surface area contributed by atoms with Crippen molar-refractivity contribution in [3.8, 4) is 11.1 Å².